The van der Waals surface area contributed by atoms with Gasteiger partial charge in [-0.2, -0.15) is 0 Å². The third-order valence-electron chi connectivity index (χ3n) is 2.87. The Labute approximate surface area is 117 Å². The molecule has 4 nitrogen and oxygen atoms in total. The van der Waals surface area contributed by atoms with Crippen molar-refractivity contribution in [3.8, 4) is 11.4 Å². The van der Waals surface area contributed by atoms with Gasteiger partial charge in [0.05, 0.1) is 24.1 Å². The number of nitrogens with one attached hydrogen (secondary N) is 1. The van der Waals surface area contributed by atoms with Crippen LogP contribution in [-0.2, 0) is 4.74 Å². The highest BCUT2D eigenvalue weighted by Crippen LogP contribution is 2.20. The van der Waals surface area contributed by atoms with Crippen LogP contribution in [0.4, 0.5) is 0 Å². The zero-order chi connectivity index (χ0) is 14.5. The molecule has 2 aromatic rings. The number of aromatic nitrogens is 2. The van der Waals surface area contributed by atoms with Crippen LogP contribution in [0, 0.1) is 0 Å². The Bertz CT molecular complexity index is 652. The lowest BCUT2D eigenvalue weighted by atomic mass is 10.1. The summed E-state index contributed by atoms with van der Waals surface area (Å²) < 4.78 is 4.67. The molecule has 102 valence electrons. The molecule has 20 heavy (non-hydrogen) atoms. The first-order valence-corrected chi connectivity index (χ1v) is 6.23. The number of nitrogens with zero attached hydrogens (tertiary/aromatic N) is 1. The maximum absolute atomic E-state index is 11.4. The van der Waals surface area contributed by atoms with Gasteiger partial charge in [0, 0.05) is 5.56 Å². The van der Waals surface area contributed by atoms with E-state index in [4.69, 9.17) is 0 Å². The van der Waals surface area contributed by atoms with Crippen LogP contribution in [0.5, 0.6) is 0 Å². The van der Waals surface area contributed by atoms with Crippen LogP contribution in [0.1, 0.15) is 28.7 Å². The maximum atomic E-state index is 11.4. The van der Waals surface area contributed by atoms with Gasteiger partial charge >= 0.3 is 5.97 Å². The highest BCUT2D eigenvalue weighted by molar-refractivity contribution is 5.89. The summed E-state index contributed by atoms with van der Waals surface area (Å²) in [4.78, 5) is 19.1. The molecule has 0 bridgehead atoms. The van der Waals surface area contributed by atoms with Crippen LogP contribution in [0.25, 0.3) is 23.5 Å². The smallest absolute Gasteiger partial charge is 0.337 e. The number of hydrogen-bond acceptors (Lipinski definition) is 3. The van der Waals surface area contributed by atoms with Crippen LogP contribution in [-0.4, -0.2) is 23.0 Å². The lowest BCUT2D eigenvalue weighted by Crippen LogP contribution is -2.00. The molecule has 0 unspecified atom stereocenters. The first-order chi connectivity index (χ1) is 9.69. The number of ether oxygens (including phenoxy) is 1. The number of benzene rings is 1. The van der Waals surface area contributed by atoms with Gasteiger partial charge in [0.2, 0.25) is 0 Å². The van der Waals surface area contributed by atoms with Gasteiger partial charge in [-0.05, 0) is 31.2 Å². The van der Waals surface area contributed by atoms with E-state index in [9.17, 15) is 4.79 Å². The summed E-state index contributed by atoms with van der Waals surface area (Å²) in [5.74, 6) is 0.391. The van der Waals surface area contributed by atoms with E-state index in [2.05, 4.69) is 21.3 Å². The van der Waals surface area contributed by atoms with E-state index in [0.29, 0.717) is 5.56 Å². The average Bonchev–Trinajstić information content (AvgIpc) is 2.90. The van der Waals surface area contributed by atoms with Crippen molar-refractivity contribution < 1.29 is 9.53 Å². The quantitative estimate of drug-likeness (QED) is 0.863. The first kappa shape index (κ1) is 13.8. The predicted octanol–water partition coefficient (Wildman–Crippen LogP) is 3.54. The molecular formula is C16H16N2O2. The zero-order valence-electron chi connectivity index (χ0n) is 11.5. The summed E-state index contributed by atoms with van der Waals surface area (Å²) in [6.45, 7) is 5.69. The Morgan fingerprint density at radius 3 is 2.60 bits per heavy atom. The van der Waals surface area contributed by atoms with E-state index in [0.717, 1.165) is 22.8 Å². The molecule has 0 spiro atoms. The molecule has 1 heterocycles. The molecule has 2 rings (SSSR count). The normalized spacial score (nSPS) is 10.7. The predicted molar refractivity (Wildman–Crippen MR) is 80.2 cm³/mol. The molecule has 1 N–H and O–H groups in total. The summed E-state index contributed by atoms with van der Waals surface area (Å²) in [6, 6.07) is 7.09. The Hall–Kier alpha value is -2.62. The zero-order valence-corrected chi connectivity index (χ0v) is 11.5. The number of allylic oxidation sites excluding steroid dienone is 1. The van der Waals surface area contributed by atoms with Crippen LogP contribution in [0.2, 0.25) is 0 Å². The third kappa shape index (κ3) is 2.69. The largest absolute Gasteiger partial charge is 0.465 e. The fraction of sp³-hybridized carbons (Fsp3) is 0.125. The lowest BCUT2D eigenvalue weighted by molar-refractivity contribution is 0.0601. The minimum atomic E-state index is -0.350. The Morgan fingerprint density at radius 2 is 2.05 bits per heavy atom. The number of carbonyl (C=O) groups is 1. The monoisotopic (exact) mass is 268 g/mol. The van der Waals surface area contributed by atoms with Gasteiger partial charge in [0.15, 0.2) is 0 Å². The molecular weight excluding hydrogens is 252 g/mol. The fourth-order valence-electron chi connectivity index (χ4n) is 1.87. The van der Waals surface area contributed by atoms with Crippen LogP contribution >= 0.6 is 0 Å². The molecule has 0 aliphatic carbocycles. The molecule has 0 saturated heterocycles. The van der Waals surface area contributed by atoms with Gasteiger partial charge in [0.1, 0.15) is 5.82 Å². The highest BCUT2D eigenvalue weighted by atomic mass is 16.5. The van der Waals surface area contributed by atoms with Crippen molar-refractivity contribution in [2.45, 2.75) is 6.92 Å². The number of imidazole rings is 1. The number of hydrogen-bond donors (Lipinski definition) is 1. The van der Waals surface area contributed by atoms with Crippen molar-refractivity contribution in [3.05, 3.63) is 53.9 Å². The standard InChI is InChI=1S/C16H16N2O2/c1-4-6-14-13(5-2)17-15(18-14)11-7-9-12(10-8-11)16(19)20-3/h4-10H,2H2,1,3H3,(H,17,18)/b6-4-. The maximum Gasteiger partial charge on any atom is 0.337 e. The number of esters is 1. The second-order valence-corrected chi connectivity index (χ2v) is 4.16. The van der Waals surface area contributed by atoms with E-state index in [-0.39, 0.29) is 5.97 Å². The van der Waals surface area contributed by atoms with E-state index in [1.165, 1.54) is 7.11 Å². The second-order valence-electron chi connectivity index (χ2n) is 4.16. The summed E-state index contributed by atoms with van der Waals surface area (Å²) in [5, 5.41) is 0. The Morgan fingerprint density at radius 1 is 1.35 bits per heavy atom. The van der Waals surface area contributed by atoms with Gasteiger partial charge < -0.3 is 9.72 Å². The van der Waals surface area contributed by atoms with Crippen LogP contribution in [0.3, 0.4) is 0 Å². The van der Waals surface area contributed by atoms with Crippen LogP contribution in [0.15, 0.2) is 36.9 Å². The molecule has 0 aliphatic heterocycles. The molecule has 0 amide bonds. The number of methoxy groups -OCH3 is 1. The number of aromatic amines is 1. The summed E-state index contributed by atoms with van der Waals surface area (Å²) in [5.41, 5.74) is 3.13. The van der Waals surface area contributed by atoms with Gasteiger partial charge in [-0.3, -0.25) is 0 Å². The molecule has 1 aromatic heterocycles. The molecule has 0 radical (unpaired) electrons. The molecule has 0 aliphatic rings. The molecule has 0 fully saturated rings. The number of H-pyrrole nitrogens is 1. The van der Waals surface area contributed by atoms with E-state index in [1.54, 1.807) is 18.2 Å². The van der Waals surface area contributed by atoms with Crippen molar-refractivity contribution in [1.29, 1.82) is 0 Å². The minimum absolute atomic E-state index is 0.350. The van der Waals surface area contributed by atoms with Gasteiger partial charge in [0.25, 0.3) is 0 Å². The Balaban J connectivity index is 2.36. The first-order valence-electron chi connectivity index (χ1n) is 6.23. The third-order valence-corrected chi connectivity index (χ3v) is 2.87. The average molecular weight is 268 g/mol. The summed E-state index contributed by atoms with van der Waals surface area (Å²) >= 11 is 0. The lowest BCUT2D eigenvalue weighted by Gasteiger charge is -2.00. The molecule has 1 aromatic carbocycles. The second kappa shape index (κ2) is 6.02. The fourth-order valence-corrected chi connectivity index (χ4v) is 1.87. The Kier molecular flexibility index (Phi) is 4.15. The number of rotatable bonds is 4. The van der Waals surface area contributed by atoms with Gasteiger partial charge in [-0.25, -0.2) is 9.78 Å². The van der Waals surface area contributed by atoms with Crippen molar-refractivity contribution in [3.63, 3.8) is 0 Å². The van der Waals surface area contributed by atoms with Crippen molar-refractivity contribution in [2.24, 2.45) is 0 Å². The minimum Gasteiger partial charge on any atom is -0.465 e. The van der Waals surface area contributed by atoms with E-state index < -0.39 is 0 Å². The van der Waals surface area contributed by atoms with Crippen molar-refractivity contribution in [1.82, 2.24) is 9.97 Å². The van der Waals surface area contributed by atoms with Crippen molar-refractivity contribution >= 4 is 18.1 Å². The van der Waals surface area contributed by atoms with Crippen molar-refractivity contribution in [2.75, 3.05) is 7.11 Å². The van der Waals surface area contributed by atoms with Gasteiger partial charge in [-0.15, -0.1) is 0 Å². The molecule has 0 atom stereocenters. The number of carbonyl (C=O) groups excluding carboxylic acids is 1. The molecule has 4 heteroatoms. The molecule has 0 saturated carbocycles. The SMILES string of the molecule is C=Cc1nc(-c2ccc(C(=O)OC)cc2)[nH]c1/C=C\C. The topological polar surface area (TPSA) is 55.0 Å². The van der Waals surface area contributed by atoms with E-state index in [1.807, 2.05) is 31.2 Å². The summed E-state index contributed by atoms with van der Waals surface area (Å²) in [7, 11) is 1.36. The van der Waals surface area contributed by atoms with E-state index >= 15 is 0 Å². The summed E-state index contributed by atoms with van der Waals surface area (Å²) in [6.07, 6.45) is 5.58. The van der Waals surface area contributed by atoms with Crippen LogP contribution < -0.4 is 0 Å². The van der Waals surface area contributed by atoms with Gasteiger partial charge in [-0.1, -0.05) is 24.8 Å². The highest BCUT2D eigenvalue weighted by Gasteiger charge is 2.09.